The molecule has 0 saturated heterocycles. The normalized spacial score (nSPS) is 13.1. The van der Waals surface area contributed by atoms with Crippen molar-refractivity contribution < 1.29 is 5.11 Å². The van der Waals surface area contributed by atoms with Crippen molar-refractivity contribution in [1.29, 1.82) is 0 Å². The first-order valence-electron chi connectivity index (χ1n) is 3.35. The van der Waals surface area contributed by atoms with Crippen molar-refractivity contribution in [2.24, 2.45) is 0 Å². The SMILES string of the molecule is CC(O)c1cc(Cl)c(Cl)c(Cl)c1. The van der Waals surface area contributed by atoms with Gasteiger partial charge in [-0.25, -0.2) is 0 Å². The molecule has 0 heterocycles. The zero-order chi connectivity index (χ0) is 9.30. The number of benzene rings is 1. The number of rotatable bonds is 1. The number of hydrogen-bond acceptors (Lipinski definition) is 1. The van der Waals surface area contributed by atoms with E-state index in [2.05, 4.69) is 0 Å². The van der Waals surface area contributed by atoms with Crippen LogP contribution in [0, 0.1) is 0 Å². The van der Waals surface area contributed by atoms with E-state index >= 15 is 0 Å². The highest BCUT2D eigenvalue weighted by molar-refractivity contribution is 6.48. The van der Waals surface area contributed by atoms with E-state index in [1.807, 2.05) is 0 Å². The number of hydrogen-bond donors (Lipinski definition) is 1. The van der Waals surface area contributed by atoms with Gasteiger partial charge in [-0.1, -0.05) is 34.8 Å². The summed E-state index contributed by atoms with van der Waals surface area (Å²) in [5.41, 5.74) is 0.661. The van der Waals surface area contributed by atoms with Gasteiger partial charge in [-0.3, -0.25) is 0 Å². The lowest BCUT2D eigenvalue weighted by Gasteiger charge is -2.07. The largest absolute Gasteiger partial charge is 0.389 e. The molecule has 12 heavy (non-hydrogen) atoms. The maximum absolute atomic E-state index is 9.20. The second-order valence-corrected chi connectivity index (χ2v) is 3.67. The van der Waals surface area contributed by atoms with Gasteiger partial charge in [0.2, 0.25) is 0 Å². The van der Waals surface area contributed by atoms with Crippen LogP contribution in [-0.4, -0.2) is 5.11 Å². The van der Waals surface area contributed by atoms with Crippen LogP contribution < -0.4 is 0 Å². The summed E-state index contributed by atoms with van der Waals surface area (Å²) in [7, 11) is 0. The summed E-state index contributed by atoms with van der Waals surface area (Å²) in [4.78, 5) is 0. The molecule has 0 fully saturated rings. The van der Waals surface area contributed by atoms with E-state index in [1.165, 1.54) is 0 Å². The molecular weight excluding hydrogens is 218 g/mol. The molecule has 1 unspecified atom stereocenters. The van der Waals surface area contributed by atoms with Gasteiger partial charge in [-0.15, -0.1) is 0 Å². The fourth-order valence-electron chi connectivity index (χ4n) is 0.816. The average Bonchev–Trinajstić information content (AvgIpc) is 1.99. The topological polar surface area (TPSA) is 20.2 Å². The van der Waals surface area contributed by atoms with Crippen molar-refractivity contribution in [1.82, 2.24) is 0 Å². The van der Waals surface area contributed by atoms with Gasteiger partial charge in [0.1, 0.15) is 0 Å². The van der Waals surface area contributed by atoms with E-state index in [1.54, 1.807) is 19.1 Å². The van der Waals surface area contributed by atoms with Gasteiger partial charge in [-0.2, -0.15) is 0 Å². The quantitative estimate of drug-likeness (QED) is 0.723. The molecule has 0 aliphatic rings. The van der Waals surface area contributed by atoms with Crippen molar-refractivity contribution in [3.8, 4) is 0 Å². The summed E-state index contributed by atoms with van der Waals surface area (Å²) in [6.07, 6.45) is -0.586. The molecule has 0 aliphatic heterocycles. The van der Waals surface area contributed by atoms with Crippen LogP contribution in [0.2, 0.25) is 15.1 Å². The monoisotopic (exact) mass is 224 g/mol. The Balaban J connectivity index is 3.21. The Kier molecular flexibility index (Phi) is 3.24. The van der Waals surface area contributed by atoms with Crippen LogP contribution in [0.3, 0.4) is 0 Å². The lowest BCUT2D eigenvalue weighted by atomic mass is 10.1. The molecule has 1 nitrogen and oxygen atoms in total. The highest BCUT2D eigenvalue weighted by atomic mass is 35.5. The van der Waals surface area contributed by atoms with Gasteiger partial charge in [0.15, 0.2) is 0 Å². The van der Waals surface area contributed by atoms with Crippen LogP contribution in [-0.2, 0) is 0 Å². The maximum Gasteiger partial charge on any atom is 0.0778 e. The minimum Gasteiger partial charge on any atom is -0.389 e. The van der Waals surface area contributed by atoms with Crippen LogP contribution in [0.15, 0.2) is 12.1 Å². The average molecular weight is 226 g/mol. The Labute approximate surface area is 85.9 Å². The first-order valence-corrected chi connectivity index (χ1v) is 4.48. The molecule has 1 aromatic rings. The maximum atomic E-state index is 9.20. The molecule has 0 aromatic heterocycles. The van der Waals surface area contributed by atoms with Crippen molar-refractivity contribution in [3.05, 3.63) is 32.8 Å². The fraction of sp³-hybridized carbons (Fsp3) is 0.250. The molecule has 0 bridgehead atoms. The first-order chi connectivity index (χ1) is 5.52. The van der Waals surface area contributed by atoms with Crippen LogP contribution in [0.4, 0.5) is 0 Å². The van der Waals surface area contributed by atoms with Crippen molar-refractivity contribution in [2.75, 3.05) is 0 Å². The third-order valence-corrected chi connectivity index (χ3v) is 2.69. The second kappa shape index (κ2) is 3.84. The summed E-state index contributed by atoms with van der Waals surface area (Å²) in [5, 5.41) is 10.2. The lowest BCUT2D eigenvalue weighted by molar-refractivity contribution is 0.199. The zero-order valence-corrected chi connectivity index (χ0v) is 8.58. The summed E-state index contributed by atoms with van der Waals surface area (Å²) in [6, 6.07) is 3.20. The van der Waals surface area contributed by atoms with Crippen LogP contribution >= 0.6 is 34.8 Å². The Hall–Kier alpha value is 0.0500. The zero-order valence-electron chi connectivity index (χ0n) is 6.31. The number of aliphatic hydroxyl groups is 1. The molecule has 0 amide bonds. The van der Waals surface area contributed by atoms with Gasteiger partial charge in [0, 0.05) is 0 Å². The summed E-state index contributed by atoms with van der Waals surface area (Å²) < 4.78 is 0. The van der Waals surface area contributed by atoms with Gasteiger partial charge < -0.3 is 5.11 Å². The van der Waals surface area contributed by atoms with E-state index in [4.69, 9.17) is 34.8 Å². The van der Waals surface area contributed by atoms with Gasteiger partial charge in [0.25, 0.3) is 0 Å². The first kappa shape index (κ1) is 10.1. The smallest absolute Gasteiger partial charge is 0.0778 e. The summed E-state index contributed by atoms with van der Waals surface area (Å²) in [6.45, 7) is 1.63. The second-order valence-electron chi connectivity index (χ2n) is 2.47. The standard InChI is InChI=1S/C8H7Cl3O/c1-4(12)5-2-6(9)8(11)7(10)3-5/h2-4,12H,1H3. The van der Waals surface area contributed by atoms with Crippen LogP contribution in [0.5, 0.6) is 0 Å². The molecule has 1 N–H and O–H groups in total. The molecule has 0 aliphatic carbocycles. The highest BCUT2D eigenvalue weighted by Gasteiger charge is 2.08. The Morgan fingerprint density at radius 3 is 1.92 bits per heavy atom. The van der Waals surface area contributed by atoms with E-state index < -0.39 is 6.10 Å². The van der Waals surface area contributed by atoms with Crippen molar-refractivity contribution in [3.63, 3.8) is 0 Å². The van der Waals surface area contributed by atoms with Gasteiger partial charge in [-0.05, 0) is 24.6 Å². The molecular formula is C8H7Cl3O. The third kappa shape index (κ3) is 2.05. The molecule has 4 heteroatoms. The van der Waals surface area contributed by atoms with E-state index in [0.717, 1.165) is 0 Å². The summed E-state index contributed by atoms with van der Waals surface area (Å²) >= 11 is 17.2. The molecule has 66 valence electrons. The Morgan fingerprint density at radius 2 is 1.58 bits per heavy atom. The van der Waals surface area contributed by atoms with E-state index in [-0.39, 0.29) is 0 Å². The molecule has 0 spiro atoms. The van der Waals surface area contributed by atoms with E-state index in [0.29, 0.717) is 20.6 Å². The van der Waals surface area contributed by atoms with Crippen LogP contribution in [0.1, 0.15) is 18.6 Å². The third-order valence-electron chi connectivity index (χ3n) is 1.49. The number of halogens is 3. The molecule has 1 atom stereocenters. The Morgan fingerprint density at radius 1 is 1.17 bits per heavy atom. The van der Waals surface area contributed by atoms with Crippen LogP contribution in [0.25, 0.3) is 0 Å². The van der Waals surface area contributed by atoms with Gasteiger partial charge >= 0.3 is 0 Å². The van der Waals surface area contributed by atoms with Gasteiger partial charge in [0.05, 0.1) is 21.2 Å². The minimum absolute atomic E-state index is 0.322. The molecule has 1 aromatic carbocycles. The van der Waals surface area contributed by atoms with Crippen molar-refractivity contribution >= 4 is 34.8 Å². The predicted octanol–water partition coefficient (Wildman–Crippen LogP) is 3.70. The van der Waals surface area contributed by atoms with E-state index in [9.17, 15) is 5.11 Å². The highest BCUT2D eigenvalue weighted by Crippen LogP contribution is 2.32. The summed E-state index contributed by atoms with van der Waals surface area (Å²) in [5.74, 6) is 0. The Bertz CT molecular complexity index is 273. The molecule has 1 rings (SSSR count). The fourth-order valence-corrected chi connectivity index (χ4v) is 1.43. The minimum atomic E-state index is -0.586. The number of aliphatic hydroxyl groups excluding tert-OH is 1. The predicted molar refractivity (Wildman–Crippen MR) is 52.1 cm³/mol. The lowest BCUT2D eigenvalue weighted by Crippen LogP contribution is -1.90. The molecule has 0 radical (unpaired) electrons. The molecule has 0 saturated carbocycles. The van der Waals surface area contributed by atoms with Crippen molar-refractivity contribution in [2.45, 2.75) is 13.0 Å².